The van der Waals surface area contributed by atoms with Crippen molar-refractivity contribution in [2.75, 3.05) is 0 Å². The van der Waals surface area contributed by atoms with Gasteiger partial charge in [0.2, 0.25) is 0 Å². The summed E-state index contributed by atoms with van der Waals surface area (Å²) in [4.78, 5) is 12.7. The Hall–Kier alpha value is -2.03. The van der Waals surface area contributed by atoms with Crippen LogP contribution in [0.3, 0.4) is 0 Å². The minimum absolute atomic E-state index is 0.303. The van der Waals surface area contributed by atoms with Gasteiger partial charge in [-0.3, -0.25) is 0 Å². The topological polar surface area (TPSA) is 31.2 Å². The first-order valence-corrected chi connectivity index (χ1v) is 7.83. The summed E-state index contributed by atoms with van der Waals surface area (Å²) in [5.74, 6) is 0. The van der Waals surface area contributed by atoms with Crippen LogP contribution in [0.1, 0.15) is 45.4 Å². The van der Waals surface area contributed by atoms with Gasteiger partial charge in [-0.1, -0.05) is 43.7 Å². The van der Waals surface area contributed by atoms with Gasteiger partial charge in [-0.2, -0.15) is 0 Å². The number of benzene rings is 1. The van der Waals surface area contributed by atoms with Crippen LogP contribution in [0.2, 0.25) is 0 Å². The third-order valence-electron chi connectivity index (χ3n) is 3.45. The quantitative estimate of drug-likeness (QED) is 0.780. The molecule has 0 atom stereocenters. The molecule has 1 heterocycles. The largest absolute Gasteiger partial charge is 0.443 e. The first-order chi connectivity index (χ1) is 10.3. The van der Waals surface area contributed by atoms with Crippen molar-refractivity contribution in [3.63, 3.8) is 0 Å². The first kappa shape index (κ1) is 16.3. The third-order valence-corrected chi connectivity index (χ3v) is 3.45. The fourth-order valence-electron chi connectivity index (χ4n) is 2.56. The lowest BCUT2D eigenvalue weighted by molar-refractivity contribution is 0.0535. The Morgan fingerprint density at radius 2 is 1.82 bits per heavy atom. The van der Waals surface area contributed by atoms with Crippen molar-refractivity contribution in [2.24, 2.45) is 0 Å². The van der Waals surface area contributed by atoms with Gasteiger partial charge < -0.3 is 4.74 Å². The molecule has 0 aliphatic carbocycles. The zero-order valence-corrected chi connectivity index (χ0v) is 14.1. The third kappa shape index (κ3) is 3.59. The zero-order valence-electron chi connectivity index (χ0n) is 14.1. The maximum Gasteiger partial charge on any atom is 0.419 e. The Bertz CT molecular complexity index is 648. The van der Waals surface area contributed by atoms with Crippen LogP contribution in [-0.4, -0.2) is 16.3 Å². The molecule has 0 aliphatic rings. The van der Waals surface area contributed by atoms with Gasteiger partial charge >= 0.3 is 6.09 Å². The number of rotatable bonds is 3. The van der Waals surface area contributed by atoms with Crippen LogP contribution in [0, 0.1) is 6.92 Å². The summed E-state index contributed by atoms with van der Waals surface area (Å²) in [6.07, 6.45) is 1.54. The molecule has 2 rings (SSSR count). The molecular formula is C19H25NO2. The monoisotopic (exact) mass is 299 g/mol. The van der Waals surface area contributed by atoms with E-state index in [4.69, 9.17) is 4.74 Å². The normalized spacial score (nSPS) is 11.5. The van der Waals surface area contributed by atoms with Crippen molar-refractivity contribution in [1.29, 1.82) is 0 Å². The van der Waals surface area contributed by atoms with Gasteiger partial charge in [-0.15, -0.1) is 0 Å². The number of carbonyl (C=O) groups is 1. The molecule has 0 saturated heterocycles. The molecule has 3 nitrogen and oxygen atoms in total. The molecule has 0 N–H and O–H groups in total. The SMILES string of the molecule is CCCc1c(C)cc(-c2ccccc2)n1C(=O)OC(C)(C)C. The molecule has 0 bridgehead atoms. The molecule has 1 aromatic heterocycles. The summed E-state index contributed by atoms with van der Waals surface area (Å²) in [5.41, 5.74) is 3.59. The highest BCUT2D eigenvalue weighted by Gasteiger charge is 2.24. The van der Waals surface area contributed by atoms with Crippen molar-refractivity contribution >= 4 is 6.09 Å². The Labute approximate surface area is 132 Å². The molecule has 0 saturated carbocycles. The van der Waals surface area contributed by atoms with E-state index < -0.39 is 5.60 Å². The van der Waals surface area contributed by atoms with Crippen molar-refractivity contribution in [2.45, 2.75) is 53.1 Å². The maximum absolute atomic E-state index is 12.7. The van der Waals surface area contributed by atoms with Crippen LogP contribution in [0.5, 0.6) is 0 Å². The highest BCUT2D eigenvalue weighted by atomic mass is 16.6. The van der Waals surface area contributed by atoms with Crippen LogP contribution in [-0.2, 0) is 11.2 Å². The van der Waals surface area contributed by atoms with Gasteiger partial charge in [0, 0.05) is 5.69 Å². The molecule has 2 aromatic rings. The second-order valence-electron chi connectivity index (χ2n) is 6.59. The Morgan fingerprint density at radius 1 is 1.18 bits per heavy atom. The molecule has 22 heavy (non-hydrogen) atoms. The first-order valence-electron chi connectivity index (χ1n) is 7.83. The average molecular weight is 299 g/mol. The fraction of sp³-hybridized carbons (Fsp3) is 0.421. The maximum atomic E-state index is 12.7. The predicted octanol–water partition coefficient (Wildman–Crippen LogP) is 5.20. The van der Waals surface area contributed by atoms with E-state index >= 15 is 0 Å². The number of nitrogens with zero attached hydrogens (tertiary/aromatic N) is 1. The number of hydrogen-bond donors (Lipinski definition) is 0. The number of aromatic nitrogens is 1. The second kappa shape index (κ2) is 6.39. The standard InChI is InChI=1S/C19H25NO2/c1-6-10-16-14(2)13-17(15-11-8-7-9-12-15)20(16)18(21)22-19(3,4)5/h7-9,11-13H,6,10H2,1-5H3. The Balaban J connectivity index is 2.55. The van der Waals surface area contributed by atoms with Gasteiger partial charge in [-0.05, 0) is 51.3 Å². The molecule has 0 fully saturated rings. The summed E-state index contributed by atoms with van der Waals surface area (Å²) < 4.78 is 7.35. The van der Waals surface area contributed by atoms with Crippen molar-refractivity contribution in [3.05, 3.63) is 47.7 Å². The van der Waals surface area contributed by atoms with Crippen LogP contribution < -0.4 is 0 Å². The summed E-state index contributed by atoms with van der Waals surface area (Å²) in [7, 11) is 0. The van der Waals surface area contributed by atoms with Gasteiger partial charge in [0.1, 0.15) is 5.60 Å². The Kier molecular flexibility index (Phi) is 4.74. The molecular weight excluding hydrogens is 274 g/mol. The summed E-state index contributed by atoms with van der Waals surface area (Å²) >= 11 is 0. The van der Waals surface area contributed by atoms with Gasteiger partial charge in [0.15, 0.2) is 0 Å². The molecule has 118 valence electrons. The van der Waals surface area contributed by atoms with Crippen LogP contribution in [0.15, 0.2) is 36.4 Å². The van der Waals surface area contributed by atoms with Crippen molar-refractivity contribution in [3.8, 4) is 11.3 Å². The van der Waals surface area contributed by atoms with Crippen LogP contribution in [0.25, 0.3) is 11.3 Å². The van der Waals surface area contributed by atoms with E-state index in [2.05, 4.69) is 19.9 Å². The van der Waals surface area contributed by atoms with Crippen molar-refractivity contribution < 1.29 is 9.53 Å². The lowest BCUT2D eigenvalue weighted by Crippen LogP contribution is -2.28. The van der Waals surface area contributed by atoms with Gasteiger partial charge in [0.05, 0.1) is 5.69 Å². The fourth-order valence-corrected chi connectivity index (χ4v) is 2.56. The predicted molar refractivity (Wildman–Crippen MR) is 90.2 cm³/mol. The highest BCUT2D eigenvalue weighted by Crippen LogP contribution is 2.28. The van der Waals surface area contributed by atoms with Crippen LogP contribution in [0.4, 0.5) is 4.79 Å². The van der Waals surface area contributed by atoms with Gasteiger partial charge in [-0.25, -0.2) is 9.36 Å². The zero-order chi connectivity index (χ0) is 16.3. The molecule has 0 unspecified atom stereocenters. The van der Waals surface area contributed by atoms with Gasteiger partial charge in [0.25, 0.3) is 0 Å². The van der Waals surface area contributed by atoms with E-state index in [1.807, 2.05) is 51.1 Å². The smallest absolute Gasteiger partial charge is 0.419 e. The molecule has 0 radical (unpaired) electrons. The molecule has 1 aromatic carbocycles. The van der Waals surface area contributed by atoms with E-state index in [9.17, 15) is 4.79 Å². The summed E-state index contributed by atoms with van der Waals surface area (Å²) in [5, 5.41) is 0. The summed E-state index contributed by atoms with van der Waals surface area (Å²) in [6, 6.07) is 12.1. The second-order valence-corrected chi connectivity index (χ2v) is 6.59. The number of carbonyl (C=O) groups excluding carboxylic acids is 1. The molecule has 3 heteroatoms. The minimum Gasteiger partial charge on any atom is -0.443 e. The summed E-state index contributed by atoms with van der Waals surface area (Å²) in [6.45, 7) is 9.85. The average Bonchev–Trinajstić information content (AvgIpc) is 2.76. The number of hydrogen-bond acceptors (Lipinski definition) is 2. The number of ether oxygens (including phenoxy) is 1. The van der Waals surface area contributed by atoms with E-state index in [0.29, 0.717) is 0 Å². The lowest BCUT2D eigenvalue weighted by Gasteiger charge is -2.22. The number of aryl methyl sites for hydroxylation is 1. The highest BCUT2D eigenvalue weighted by molar-refractivity contribution is 5.80. The molecule has 0 amide bonds. The van der Waals surface area contributed by atoms with Crippen molar-refractivity contribution in [1.82, 2.24) is 4.57 Å². The lowest BCUT2D eigenvalue weighted by atomic mass is 10.1. The van der Waals surface area contributed by atoms with E-state index in [-0.39, 0.29) is 6.09 Å². The van der Waals surface area contributed by atoms with Crippen LogP contribution >= 0.6 is 0 Å². The van der Waals surface area contributed by atoms with E-state index in [1.165, 1.54) is 0 Å². The Morgan fingerprint density at radius 3 is 2.36 bits per heavy atom. The van der Waals surface area contributed by atoms with E-state index in [0.717, 1.165) is 35.4 Å². The minimum atomic E-state index is -0.507. The van der Waals surface area contributed by atoms with E-state index in [1.54, 1.807) is 4.57 Å². The molecule has 0 spiro atoms. The molecule has 0 aliphatic heterocycles.